The van der Waals surface area contributed by atoms with Gasteiger partial charge in [-0.05, 0) is 56.9 Å². The average Bonchev–Trinajstić information content (AvgIpc) is 3.15. The second-order valence-electron chi connectivity index (χ2n) is 7.49. The Morgan fingerprint density at radius 1 is 1.11 bits per heavy atom. The van der Waals surface area contributed by atoms with Crippen LogP contribution in [0.25, 0.3) is 11.4 Å². The predicted octanol–water partition coefficient (Wildman–Crippen LogP) is 5.59. The SMILES string of the molecule is Cc1ccc(-c2nsc(Oc3cc(C)c(CCN4CC4C)cc3C)n2)cc1.Cl. The molecule has 1 aliphatic rings. The Hall–Kier alpha value is -1.95. The third kappa shape index (κ3) is 4.72. The van der Waals surface area contributed by atoms with Gasteiger partial charge in [0.2, 0.25) is 0 Å². The highest BCUT2D eigenvalue weighted by Gasteiger charge is 2.28. The van der Waals surface area contributed by atoms with Gasteiger partial charge < -0.3 is 4.74 Å². The first-order valence-electron chi connectivity index (χ1n) is 9.42. The molecule has 1 aliphatic heterocycles. The first-order valence-corrected chi connectivity index (χ1v) is 10.2. The molecule has 4 rings (SSSR count). The molecule has 28 heavy (non-hydrogen) atoms. The van der Waals surface area contributed by atoms with Crippen molar-refractivity contribution in [1.29, 1.82) is 0 Å². The molecule has 1 saturated heterocycles. The summed E-state index contributed by atoms with van der Waals surface area (Å²) in [5, 5.41) is 0.582. The van der Waals surface area contributed by atoms with Crippen molar-refractivity contribution in [3.8, 4) is 22.3 Å². The minimum absolute atomic E-state index is 0. The van der Waals surface area contributed by atoms with E-state index in [9.17, 15) is 0 Å². The fraction of sp³-hybridized carbons (Fsp3) is 0.364. The molecule has 1 aromatic heterocycles. The lowest BCUT2D eigenvalue weighted by Crippen LogP contribution is -2.07. The highest BCUT2D eigenvalue weighted by Crippen LogP contribution is 2.31. The summed E-state index contributed by atoms with van der Waals surface area (Å²) in [6.07, 6.45) is 1.09. The summed E-state index contributed by atoms with van der Waals surface area (Å²) in [4.78, 5) is 7.05. The van der Waals surface area contributed by atoms with Gasteiger partial charge in [-0.2, -0.15) is 9.36 Å². The normalized spacial score (nSPS) is 17.9. The molecule has 2 heterocycles. The maximum atomic E-state index is 6.06. The molecule has 0 spiro atoms. The van der Waals surface area contributed by atoms with Gasteiger partial charge in [0.1, 0.15) is 5.75 Å². The van der Waals surface area contributed by atoms with Gasteiger partial charge in [-0.3, -0.25) is 4.90 Å². The van der Waals surface area contributed by atoms with Crippen LogP contribution in [0.4, 0.5) is 0 Å². The largest absolute Gasteiger partial charge is 0.430 e. The number of halogens is 1. The molecule has 6 heteroatoms. The van der Waals surface area contributed by atoms with Crippen LogP contribution in [0.3, 0.4) is 0 Å². The van der Waals surface area contributed by atoms with E-state index in [2.05, 4.69) is 66.2 Å². The zero-order valence-electron chi connectivity index (χ0n) is 16.7. The van der Waals surface area contributed by atoms with Gasteiger partial charge in [0.25, 0.3) is 5.19 Å². The molecular formula is C22H26ClN3OS. The van der Waals surface area contributed by atoms with Crippen LogP contribution in [-0.2, 0) is 6.42 Å². The van der Waals surface area contributed by atoms with Crippen molar-refractivity contribution in [1.82, 2.24) is 14.3 Å². The molecule has 2 atom stereocenters. The molecule has 2 aromatic carbocycles. The van der Waals surface area contributed by atoms with E-state index < -0.39 is 0 Å². The summed E-state index contributed by atoms with van der Waals surface area (Å²) in [5.41, 5.74) is 6.05. The van der Waals surface area contributed by atoms with Crippen molar-refractivity contribution in [2.24, 2.45) is 0 Å². The second-order valence-corrected chi connectivity index (χ2v) is 8.20. The first-order chi connectivity index (χ1) is 13.0. The molecule has 2 unspecified atom stereocenters. The predicted molar refractivity (Wildman–Crippen MR) is 118 cm³/mol. The molecule has 0 radical (unpaired) electrons. The molecule has 1 fully saturated rings. The summed E-state index contributed by atoms with van der Waals surface area (Å²) >= 11 is 1.29. The maximum Gasteiger partial charge on any atom is 0.299 e. The zero-order chi connectivity index (χ0) is 19.0. The summed E-state index contributed by atoms with van der Waals surface area (Å²) in [5.74, 6) is 1.58. The Morgan fingerprint density at radius 3 is 2.50 bits per heavy atom. The van der Waals surface area contributed by atoms with Crippen LogP contribution in [-0.4, -0.2) is 33.4 Å². The Labute approximate surface area is 177 Å². The summed E-state index contributed by atoms with van der Waals surface area (Å²) < 4.78 is 10.5. The average molecular weight is 416 g/mol. The Balaban J connectivity index is 0.00000225. The van der Waals surface area contributed by atoms with Crippen molar-refractivity contribution in [3.63, 3.8) is 0 Å². The molecule has 0 saturated carbocycles. The number of nitrogens with zero attached hydrogens (tertiary/aromatic N) is 3. The second kappa shape index (κ2) is 8.60. The number of aromatic nitrogens is 2. The van der Waals surface area contributed by atoms with Crippen LogP contribution in [0.2, 0.25) is 0 Å². The first kappa shape index (κ1) is 20.8. The molecule has 0 N–H and O–H groups in total. The van der Waals surface area contributed by atoms with Gasteiger partial charge in [0.15, 0.2) is 5.82 Å². The van der Waals surface area contributed by atoms with Gasteiger partial charge in [-0.15, -0.1) is 12.4 Å². The van der Waals surface area contributed by atoms with E-state index in [1.165, 1.54) is 34.8 Å². The third-order valence-electron chi connectivity index (χ3n) is 5.20. The van der Waals surface area contributed by atoms with Crippen LogP contribution in [0, 0.1) is 20.8 Å². The Morgan fingerprint density at radius 2 is 1.82 bits per heavy atom. The van der Waals surface area contributed by atoms with Crippen molar-refractivity contribution >= 4 is 23.9 Å². The van der Waals surface area contributed by atoms with E-state index >= 15 is 0 Å². The van der Waals surface area contributed by atoms with Crippen molar-refractivity contribution in [2.45, 2.75) is 40.2 Å². The van der Waals surface area contributed by atoms with Gasteiger partial charge >= 0.3 is 0 Å². The quantitative estimate of drug-likeness (QED) is 0.492. The van der Waals surface area contributed by atoms with Crippen molar-refractivity contribution < 1.29 is 4.74 Å². The topological polar surface area (TPSA) is 38.0 Å². The van der Waals surface area contributed by atoms with Crippen LogP contribution in [0.15, 0.2) is 36.4 Å². The Kier molecular flexibility index (Phi) is 6.38. The molecule has 148 valence electrons. The van der Waals surface area contributed by atoms with E-state index in [1.807, 2.05) is 12.1 Å². The van der Waals surface area contributed by atoms with Gasteiger partial charge in [-0.1, -0.05) is 35.9 Å². The van der Waals surface area contributed by atoms with Gasteiger partial charge in [0.05, 0.1) is 0 Å². The fourth-order valence-corrected chi connectivity index (χ4v) is 3.83. The number of aryl methyl sites for hydroxylation is 3. The molecule has 4 nitrogen and oxygen atoms in total. The summed E-state index contributed by atoms with van der Waals surface area (Å²) in [6.45, 7) is 11.0. The highest BCUT2D eigenvalue weighted by molar-refractivity contribution is 7.07. The minimum Gasteiger partial charge on any atom is -0.430 e. The molecule has 0 amide bonds. The van der Waals surface area contributed by atoms with Gasteiger partial charge in [-0.25, -0.2) is 0 Å². The van der Waals surface area contributed by atoms with E-state index in [0.29, 0.717) is 11.0 Å². The number of ether oxygens (including phenoxy) is 1. The fourth-order valence-electron chi connectivity index (χ4n) is 3.26. The van der Waals surface area contributed by atoms with Crippen LogP contribution in [0.5, 0.6) is 10.9 Å². The lowest BCUT2D eigenvalue weighted by molar-refractivity contribution is 0.474. The van der Waals surface area contributed by atoms with E-state index in [4.69, 9.17) is 4.74 Å². The van der Waals surface area contributed by atoms with Crippen molar-refractivity contribution in [2.75, 3.05) is 13.1 Å². The Bertz CT molecular complexity index is 955. The van der Waals surface area contributed by atoms with Crippen LogP contribution < -0.4 is 4.74 Å². The third-order valence-corrected chi connectivity index (χ3v) is 5.80. The summed E-state index contributed by atoms with van der Waals surface area (Å²) in [7, 11) is 0. The minimum atomic E-state index is 0. The molecular weight excluding hydrogens is 390 g/mol. The number of hydrogen-bond donors (Lipinski definition) is 0. The van der Waals surface area contributed by atoms with E-state index in [1.54, 1.807) is 0 Å². The number of rotatable bonds is 6. The standard InChI is InChI=1S/C22H25N3OS.ClH/c1-14-5-7-18(8-6-14)21-23-22(27-24-21)26-20-12-15(2)19(11-16(20)3)9-10-25-13-17(25)4;/h5-8,11-12,17H,9-10,13H2,1-4H3;1H. The number of hydrogen-bond acceptors (Lipinski definition) is 5. The molecule has 3 aromatic rings. The smallest absolute Gasteiger partial charge is 0.299 e. The zero-order valence-corrected chi connectivity index (χ0v) is 18.4. The summed E-state index contributed by atoms with van der Waals surface area (Å²) in [6, 6.07) is 13.4. The molecule has 0 aliphatic carbocycles. The lowest BCUT2D eigenvalue weighted by Gasteiger charge is -2.12. The highest BCUT2D eigenvalue weighted by atomic mass is 35.5. The van der Waals surface area contributed by atoms with Crippen LogP contribution >= 0.6 is 23.9 Å². The monoisotopic (exact) mass is 415 g/mol. The van der Waals surface area contributed by atoms with Crippen LogP contribution in [0.1, 0.15) is 29.2 Å². The molecule has 0 bridgehead atoms. The lowest BCUT2D eigenvalue weighted by atomic mass is 10.0. The number of benzene rings is 2. The van der Waals surface area contributed by atoms with E-state index in [-0.39, 0.29) is 12.4 Å². The van der Waals surface area contributed by atoms with Crippen molar-refractivity contribution in [3.05, 3.63) is 58.7 Å². The maximum absolute atomic E-state index is 6.06. The van der Waals surface area contributed by atoms with E-state index in [0.717, 1.165) is 35.9 Å². The van der Waals surface area contributed by atoms with Gasteiger partial charge in [0, 0.05) is 36.2 Å².